The van der Waals surface area contributed by atoms with Gasteiger partial charge < -0.3 is 0 Å². The van der Waals surface area contributed by atoms with Crippen molar-refractivity contribution < 1.29 is 119 Å². The van der Waals surface area contributed by atoms with Gasteiger partial charge in [0.15, 0.2) is 0 Å². The van der Waals surface area contributed by atoms with Gasteiger partial charge in [0.05, 0.1) is 0 Å². The van der Waals surface area contributed by atoms with E-state index in [9.17, 15) is 0 Å². The summed E-state index contributed by atoms with van der Waals surface area (Å²) in [4.78, 5) is 0. The van der Waals surface area contributed by atoms with Crippen LogP contribution in [0.2, 0.25) is 0 Å². The van der Waals surface area contributed by atoms with Crippen LogP contribution in [-0.4, -0.2) is 0 Å². The maximum absolute atomic E-state index is 8.62. The quantitative estimate of drug-likeness (QED) is 0.236. The Morgan fingerprint density at radius 3 is 0.538 bits per heavy atom. The minimum atomic E-state index is -4.34. The molecule has 0 fully saturated rings. The zero-order chi connectivity index (χ0) is 10.7. The minimum Gasteiger partial charge on any atom is 3.00 e. The van der Waals surface area contributed by atoms with Crippen LogP contribution < -0.4 is 10.8 Å². The molecule has 0 spiro atoms. The van der Waals surface area contributed by atoms with Crippen molar-refractivity contribution >= 4 is 0 Å². The molecule has 0 aliphatic heterocycles. The molecule has 0 aromatic carbocycles. The SMILES string of the molecule is [O]=[Ta](=[O])[O-].[O]=[Ta](=[O])[O-].[O]=[Ta](=[O])[O-].[Y+3]. The third-order valence-electron chi connectivity index (χ3n) is 0. The van der Waals surface area contributed by atoms with Crippen LogP contribution in [0.15, 0.2) is 0 Å². The molecule has 0 radical (unpaired) electrons. The molecular formula is O9Ta3Y. The first-order chi connectivity index (χ1) is 5.20. The predicted molar refractivity (Wildman–Crippen MR) is 4.12 cm³/mol. The Kier molecular flexibility index (Phi) is 36.6. The molecular weight excluding hydrogens is 776 g/mol. The van der Waals surface area contributed by atoms with E-state index in [0.29, 0.717) is 0 Å². The van der Waals surface area contributed by atoms with Gasteiger partial charge in [-0.3, -0.25) is 0 Å². The smallest absolute Gasteiger partial charge is 3.00 e. The van der Waals surface area contributed by atoms with Crippen molar-refractivity contribution in [3.8, 4) is 0 Å². The number of rotatable bonds is 0. The molecule has 0 saturated heterocycles. The second kappa shape index (κ2) is 19.6. The Morgan fingerprint density at radius 1 is 0.538 bits per heavy atom. The average molecular weight is 776 g/mol. The second-order valence-electron chi connectivity index (χ2n) is 0.671. The molecule has 13 heteroatoms. The normalized spacial score (nSPS) is 5.77. The Bertz CT molecular complexity index is 208. The molecule has 9 nitrogen and oxygen atoms in total. The molecule has 0 unspecified atom stereocenters. The Labute approximate surface area is 117 Å². The molecule has 72 valence electrons. The molecule has 0 saturated carbocycles. The van der Waals surface area contributed by atoms with Crippen LogP contribution in [-0.2, 0) is 109 Å². The van der Waals surface area contributed by atoms with E-state index >= 15 is 0 Å². The van der Waals surface area contributed by atoms with E-state index in [-0.39, 0.29) is 32.7 Å². The zero-order valence-corrected chi connectivity index (χ0v) is 18.1. The molecule has 0 bridgehead atoms. The van der Waals surface area contributed by atoms with E-state index in [1.165, 1.54) is 0 Å². The first kappa shape index (κ1) is 24.3. The topological polar surface area (TPSA) is 172 Å². The summed E-state index contributed by atoms with van der Waals surface area (Å²) in [5.74, 6) is 0. The maximum atomic E-state index is 8.62. The van der Waals surface area contributed by atoms with Gasteiger partial charge in [-0.05, 0) is 0 Å². The third kappa shape index (κ3) is 502. The largest absolute Gasteiger partial charge is 3.00 e. The van der Waals surface area contributed by atoms with E-state index in [1.54, 1.807) is 0 Å². The van der Waals surface area contributed by atoms with Crippen molar-refractivity contribution in [2.75, 3.05) is 0 Å². The van der Waals surface area contributed by atoms with Crippen molar-refractivity contribution in [2.24, 2.45) is 0 Å². The summed E-state index contributed by atoms with van der Waals surface area (Å²) in [5, 5.41) is 0. The zero-order valence-electron chi connectivity index (χ0n) is 5.59. The van der Waals surface area contributed by atoms with Crippen LogP contribution in [0.5, 0.6) is 0 Å². The maximum Gasteiger partial charge on any atom is 3.00 e. The van der Waals surface area contributed by atoms with E-state index in [1.807, 2.05) is 0 Å². The van der Waals surface area contributed by atoms with Crippen LogP contribution in [0, 0.1) is 0 Å². The fourth-order valence-electron chi connectivity index (χ4n) is 0. The van der Waals surface area contributed by atoms with Gasteiger partial charge in [-0.15, -0.1) is 0 Å². The van der Waals surface area contributed by atoms with E-state index in [4.69, 9.17) is 30.3 Å². The summed E-state index contributed by atoms with van der Waals surface area (Å²) in [5.41, 5.74) is 0. The first-order valence-electron chi connectivity index (χ1n) is 1.64. The molecule has 0 aromatic heterocycles. The molecule has 0 amide bonds. The summed E-state index contributed by atoms with van der Waals surface area (Å²) < 4.78 is 77.6. The van der Waals surface area contributed by atoms with Crippen LogP contribution in [0.25, 0.3) is 0 Å². The number of hydrogen-bond donors (Lipinski definition) is 0. The third-order valence-corrected chi connectivity index (χ3v) is 0. The number of hydrogen-bond acceptors (Lipinski definition) is 9. The summed E-state index contributed by atoms with van der Waals surface area (Å²) in [6.45, 7) is 0. The fourth-order valence-corrected chi connectivity index (χ4v) is 0. The van der Waals surface area contributed by atoms with E-state index < -0.39 is 56.4 Å². The Morgan fingerprint density at radius 2 is 0.538 bits per heavy atom. The van der Waals surface area contributed by atoms with Crippen molar-refractivity contribution in [1.82, 2.24) is 0 Å². The molecule has 0 N–H and O–H groups in total. The first-order valence-corrected chi connectivity index (χ1v) is 13.4. The molecule has 0 aromatic rings. The van der Waals surface area contributed by atoms with Gasteiger partial charge in [-0.2, -0.15) is 0 Å². The minimum absolute atomic E-state index is 0. The van der Waals surface area contributed by atoms with Crippen molar-refractivity contribution in [2.45, 2.75) is 0 Å². The Hall–Kier alpha value is 2.00. The van der Waals surface area contributed by atoms with Gasteiger partial charge in [-0.25, -0.2) is 0 Å². The monoisotopic (exact) mass is 776 g/mol. The summed E-state index contributed by atoms with van der Waals surface area (Å²) >= 11 is -13.0. The molecule has 0 aliphatic carbocycles. The standard InChI is InChI=1S/9O.3Ta.Y/q;;;;;;3*-1;;;;+3. The Balaban J connectivity index is -0.0000000450. The van der Waals surface area contributed by atoms with Crippen molar-refractivity contribution in [3.05, 3.63) is 0 Å². The van der Waals surface area contributed by atoms with Crippen LogP contribution in [0.1, 0.15) is 0 Å². The molecule has 0 aliphatic rings. The van der Waals surface area contributed by atoms with E-state index in [2.05, 4.69) is 0 Å². The van der Waals surface area contributed by atoms with Gasteiger partial charge in [-0.1, -0.05) is 0 Å². The van der Waals surface area contributed by atoms with Crippen molar-refractivity contribution in [3.63, 3.8) is 0 Å². The van der Waals surface area contributed by atoms with Crippen LogP contribution in [0.3, 0.4) is 0 Å². The van der Waals surface area contributed by atoms with Crippen LogP contribution in [0.4, 0.5) is 0 Å². The summed E-state index contributed by atoms with van der Waals surface area (Å²) in [6.07, 6.45) is 0. The van der Waals surface area contributed by atoms with Gasteiger partial charge in [0.25, 0.3) is 0 Å². The predicted octanol–water partition coefficient (Wildman–Crippen LogP) is -4.29. The average Bonchev–Trinajstić information content (AvgIpc) is 1.54. The molecule has 13 heavy (non-hydrogen) atoms. The second-order valence-corrected chi connectivity index (χ2v) is 5.49. The van der Waals surface area contributed by atoms with E-state index in [0.717, 1.165) is 0 Å². The molecule has 0 rings (SSSR count). The molecule has 0 heterocycles. The van der Waals surface area contributed by atoms with Crippen LogP contribution >= 0.6 is 0 Å². The fraction of sp³-hybridized carbons (Fsp3) is 0. The summed E-state index contributed by atoms with van der Waals surface area (Å²) in [7, 11) is 0. The summed E-state index contributed by atoms with van der Waals surface area (Å²) in [6, 6.07) is 0. The van der Waals surface area contributed by atoms with Crippen molar-refractivity contribution in [1.29, 1.82) is 0 Å². The van der Waals surface area contributed by atoms with Gasteiger partial charge >= 0.3 is 119 Å². The van der Waals surface area contributed by atoms with Gasteiger partial charge in [0.1, 0.15) is 0 Å². The molecule has 0 atom stereocenters. The van der Waals surface area contributed by atoms with Gasteiger partial charge in [0.2, 0.25) is 0 Å². The van der Waals surface area contributed by atoms with Gasteiger partial charge in [0, 0.05) is 0 Å².